The molecule has 8 heteroatoms. The van der Waals surface area contributed by atoms with Gasteiger partial charge in [0.05, 0.1) is 7.11 Å². The molecule has 0 bridgehead atoms. The van der Waals surface area contributed by atoms with Gasteiger partial charge in [-0.25, -0.2) is 0 Å². The largest absolute Gasteiger partial charge is 0.534 e. The van der Waals surface area contributed by atoms with Gasteiger partial charge in [-0.3, -0.25) is 0 Å². The van der Waals surface area contributed by atoms with Crippen molar-refractivity contribution in [3.05, 3.63) is 53.8 Å². The summed E-state index contributed by atoms with van der Waals surface area (Å²) in [5.74, 6) is 0.252. The summed E-state index contributed by atoms with van der Waals surface area (Å²) in [6.45, 7) is 3.68. The van der Waals surface area contributed by atoms with Crippen LogP contribution in [-0.4, -0.2) is 21.0 Å². The molecular formula is C17H19F3O4S. The molecule has 1 unspecified atom stereocenters. The van der Waals surface area contributed by atoms with Crippen molar-refractivity contribution in [3.63, 3.8) is 0 Å². The monoisotopic (exact) mass is 376 g/mol. The molecule has 0 N–H and O–H groups in total. The Morgan fingerprint density at radius 2 is 1.88 bits per heavy atom. The Labute approximate surface area is 145 Å². The first kappa shape index (κ1) is 19.4. The first-order chi connectivity index (χ1) is 11.7. The number of hydrogen-bond acceptors (Lipinski definition) is 4. The Balaban J connectivity index is 2.39. The molecular weight excluding hydrogens is 357 g/mol. The van der Waals surface area contributed by atoms with Gasteiger partial charge >= 0.3 is 15.6 Å². The van der Waals surface area contributed by atoms with Crippen molar-refractivity contribution < 1.29 is 30.5 Å². The molecule has 0 saturated carbocycles. The van der Waals surface area contributed by atoms with Gasteiger partial charge in [-0.2, -0.15) is 21.6 Å². The number of allylic oxidation sites excluding steroid dienone is 3. The maximum atomic E-state index is 12.6. The van der Waals surface area contributed by atoms with E-state index in [0.717, 1.165) is 5.56 Å². The second-order valence-corrected chi connectivity index (χ2v) is 7.17. The standard InChI is InChI=1S/C17H19F3O4S/c1-3-5-14(12-8-10-13(23-2)11-9-12)15-6-4-7-16(15)24-25(21,22)17(18,19)20/h3,8-11,14H,1,4-7H2,2H3. The topological polar surface area (TPSA) is 52.6 Å². The molecule has 0 heterocycles. The first-order valence-electron chi connectivity index (χ1n) is 7.67. The number of ether oxygens (including phenoxy) is 1. The highest BCUT2D eigenvalue weighted by molar-refractivity contribution is 7.87. The van der Waals surface area contributed by atoms with E-state index in [-0.39, 0.29) is 18.1 Å². The molecule has 2 rings (SSSR count). The lowest BCUT2D eigenvalue weighted by molar-refractivity contribution is -0.0523. The second-order valence-electron chi connectivity index (χ2n) is 5.64. The van der Waals surface area contributed by atoms with Crippen molar-refractivity contribution in [1.82, 2.24) is 0 Å². The van der Waals surface area contributed by atoms with E-state index in [1.54, 1.807) is 30.3 Å². The average molecular weight is 376 g/mol. The van der Waals surface area contributed by atoms with Crippen molar-refractivity contribution in [1.29, 1.82) is 0 Å². The molecule has 25 heavy (non-hydrogen) atoms. The number of rotatable bonds is 7. The van der Waals surface area contributed by atoms with Crippen molar-refractivity contribution >= 4 is 10.1 Å². The van der Waals surface area contributed by atoms with Crippen LogP contribution in [0.4, 0.5) is 13.2 Å². The van der Waals surface area contributed by atoms with E-state index in [4.69, 9.17) is 4.74 Å². The molecule has 4 nitrogen and oxygen atoms in total. The highest BCUT2D eigenvalue weighted by atomic mass is 32.2. The molecule has 1 atom stereocenters. The van der Waals surface area contributed by atoms with Crippen LogP contribution in [0.2, 0.25) is 0 Å². The normalized spacial score (nSPS) is 16.6. The predicted molar refractivity (Wildman–Crippen MR) is 87.5 cm³/mol. The fourth-order valence-corrected chi connectivity index (χ4v) is 3.41. The molecule has 0 spiro atoms. The van der Waals surface area contributed by atoms with Gasteiger partial charge in [-0.1, -0.05) is 18.2 Å². The fourth-order valence-electron chi connectivity index (χ4n) is 2.87. The summed E-state index contributed by atoms with van der Waals surface area (Å²) in [6.07, 6.45) is 3.29. The maximum absolute atomic E-state index is 12.6. The fraction of sp³-hybridized carbons (Fsp3) is 0.412. The van der Waals surface area contributed by atoms with Crippen molar-refractivity contribution in [2.75, 3.05) is 7.11 Å². The van der Waals surface area contributed by atoms with E-state index in [2.05, 4.69) is 10.8 Å². The number of alkyl halides is 3. The molecule has 0 aliphatic heterocycles. The predicted octanol–water partition coefficient (Wildman–Crippen LogP) is 4.66. The highest BCUT2D eigenvalue weighted by Gasteiger charge is 2.49. The summed E-state index contributed by atoms with van der Waals surface area (Å²) in [4.78, 5) is 0. The van der Waals surface area contributed by atoms with E-state index < -0.39 is 15.6 Å². The summed E-state index contributed by atoms with van der Waals surface area (Å²) in [5.41, 5.74) is -4.04. The number of benzene rings is 1. The van der Waals surface area contributed by atoms with E-state index in [1.165, 1.54) is 7.11 Å². The molecule has 1 aromatic rings. The van der Waals surface area contributed by atoms with Crippen LogP contribution < -0.4 is 4.74 Å². The minimum atomic E-state index is -5.66. The second kappa shape index (κ2) is 7.51. The first-order valence-corrected chi connectivity index (χ1v) is 9.08. The maximum Gasteiger partial charge on any atom is 0.534 e. The van der Waals surface area contributed by atoms with Crippen LogP contribution in [0.15, 0.2) is 48.3 Å². The van der Waals surface area contributed by atoms with E-state index in [0.29, 0.717) is 30.6 Å². The summed E-state index contributed by atoms with van der Waals surface area (Å²) >= 11 is 0. The third-order valence-electron chi connectivity index (χ3n) is 4.04. The zero-order chi connectivity index (χ0) is 18.7. The third kappa shape index (κ3) is 4.36. The van der Waals surface area contributed by atoms with Gasteiger partial charge in [0.1, 0.15) is 11.5 Å². The zero-order valence-electron chi connectivity index (χ0n) is 13.7. The number of halogens is 3. The SMILES string of the molecule is C=CCC(C1=C(OS(=O)(=O)C(F)(F)F)CCC1)c1ccc(OC)cc1. The molecule has 0 amide bonds. The minimum Gasteiger partial charge on any atom is -0.497 e. The summed E-state index contributed by atoms with van der Waals surface area (Å²) in [7, 11) is -4.13. The van der Waals surface area contributed by atoms with Gasteiger partial charge in [-0.05, 0) is 42.5 Å². The van der Waals surface area contributed by atoms with E-state index in [9.17, 15) is 21.6 Å². The smallest absolute Gasteiger partial charge is 0.497 e. The van der Waals surface area contributed by atoms with Gasteiger partial charge < -0.3 is 8.92 Å². The Morgan fingerprint density at radius 1 is 1.24 bits per heavy atom. The van der Waals surface area contributed by atoms with Crippen molar-refractivity contribution in [3.8, 4) is 5.75 Å². The van der Waals surface area contributed by atoms with Gasteiger partial charge in [0.15, 0.2) is 0 Å². The summed E-state index contributed by atoms with van der Waals surface area (Å²) in [5, 5.41) is 0. The minimum absolute atomic E-state index is 0.111. The molecule has 0 fully saturated rings. The molecule has 0 aromatic heterocycles. The van der Waals surface area contributed by atoms with Gasteiger partial charge in [0, 0.05) is 12.3 Å². The van der Waals surface area contributed by atoms with Crippen LogP contribution in [0.3, 0.4) is 0 Å². The van der Waals surface area contributed by atoms with Gasteiger partial charge in [0.25, 0.3) is 0 Å². The van der Waals surface area contributed by atoms with Crippen LogP contribution >= 0.6 is 0 Å². The molecule has 138 valence electrons. The molecule has 0 radical (unpaired) electrons. The van der Waals surface area contributed by atoms with Crippen LogP contribution in [0.1, 0.15) is 37.2 Å². The molecule has 0 saturated heterocycles. The summed E-state index contributed by atoms with van der Waals surface area (Å²) < 4.78 is 70.0. The Kier molecular flexibility index (Phi) is 5.82. The van der Waals surface area contributed by atoms with Gasteiger partial charge in [-0.15, -0.1) is 6.58 Å². The molecule has 1 aromatic carbocycles. The number of hydrogen-bond donors (Lipinski definition) is 0. The van der Waals surface area contributed by atoms with Crippen molar-refractivity contribution in [2.24, 2.45) is 0 Å². The Bertz CT molecular complexity index is 749. The quantitative estimate of drug-likeness (QED) is 0.395. The lowest BCUT2D eigenvalue weighted by Crippen LogP contribution is -2.25. The lowest BCUT2D eigenvalue weighted by Gasteiger charge is -2.20. The average Bonchev–Trinajstić information content (AvgIpc) is 2.99. The van der Waals surface area contributed by atoms with Crippen LogP contribution in [0.25, 0.3) is 0 Å². The van der Waals surface area contributed by atoms with Crippen LogP contribution in [0.5, 0.6) is 5.75 Å². The Hall–Kier alpha value is -1.96. The molecule has 1 aliphatic rings. The van der Waals surface area contributed by atoms with E-state index in [1.807, 2.05) is 0 Å². The third-order valence-corrected chi connectivity index (χ3v) is 5.03. The highest BCUT2D eigenvalue weighted by Crippen LogP contribution is 2.41. The van der Waals surface area contributed by atoms with Gasteiger partial charge in [0.2, 0.25) is 0 Å². The number of methoxy groups -OCH3 is 1. The van der Waals surface area contributed by atoms with E-state index >= 15 is 0 Å². The Morgan fingerprint density at radius 3 is 2.40 bits per heavy atom. The van der Waals surface area contributed by atoms with Crippen molar-refractivity contribution in [2.45, 2.75) is 37.1 Å². The lowest BCUT2D eigenvalue weighted by atomic mass is 9.87. The zero-order valence-corrected chi connectivity index (χ0v) is 14.5. The summed E-state index contributed by atoms with van der Waals surface area (Å²) in [6, 6.07) is 7.09. The van der Waals surface area contributed by atoms with Crippen LogP contribution in [-0.2, 0) is 14.3 Å². The molecule has 1 aliphatic carbocycles. The van der Waals surface area contributed by atoms with Crippen LogP contribution in [0, 0.1) is 0 Å².